The molecule has 0 saturated heterocycles. The van der Waals surface area contributed by atoms with E-state index in [1.807, 2.05) is 24.3 Å². The van der Waals surface area contributed by atoms with Crippen molar-refractivity contribution in [2.24, 2.45) is 0 Å². The van der Waals surface area contributed by atoms with Crippen LogP contribution in [0.2, 0.25) is 10.2 Å². The zero-order valence-corrected chi connectivity index (χ0v) is 12.7. The highest BCUT2D eigenvalue weighted by Crippen LogP contribution is 2.16. The number of halogens is 2. The number of aliphatic hydroxyl groups is 1. The largest absolute Gasteiger partial charge is 0.392 e. The van der Waals surface area contributed by atoms with E-state index in [2.05, 4.69) is 10.3 Å². The van der Waals surface area contributed by atoms with Gasteiger partial charge < -0.3 is 10.4 Å². The Kier molecular flexibility index (Phi) is 5.56. The second-order valence-corrected chi connectivity index (χ2v) is 5.24. The minimum Gasteiger partial charge on any atom is -0.392 e. The Morgan fingerprint density at radius 2 is 1.76 bits per heavy atom. The second kappa shape index (κ2) is 7.41. The van der Waals surface area contributed by atoms with E-state index in [-0.39, 0.29) is 28.4 Å². The molecule has 0 aliphatic carbocycles. The lowest BCUT2D eigenvalue weighted by molar-refractivity contribution is 0.0949. The maximum Gasteiger partial charge on any atom is 0.271 e. The number of carbonyl (C=O) groups excluding carboxylic acids is 1. The third-order valence-electron chi connectivity index (χ3n) is 2.93. The molecular formula is C15H14Cl2N2O2. The Morgan fingerprint density at radius 3 is 2.43 bits per heavy atom. The average molecular weight is 325 g/mol. The van der Waals surface area contributed by atoms with Crippen molar-refractivity contribution >= 4 is 29.1 Å². The number of hydrogen-bond acceptors (Lipinski definition) is 3. The third kappa shape index (κ3) is 4.43. The van der Waals surface area contributed by atoms with Crippen LogP contribution in [0.3, 0.4) is 0 Å². The van der Waals surface area contributed by atoms with Crippen LogP contribution in [-0.4, -0.2) is 22.5 Å². The van der Waals surface area contributed by atoms with Gasteiger partial charge in [0.05, 0.1) is 11.6 Å². The third-order valence-corrected chi connectivity index (χ3v) is 3.45. The van der Waals surface area contributed by atoms with Gasteiger partial charge in [0.2, 0.25) is 0 Å². The van der Waals surface area contributed by atoms with Crippen LogP contribution in [0.15, 0.2) is 36.4 Å². The Hall–Kier alpha value is -1.62. The summed E-state index contributed by atoms with van der Waals surface area (Å²) in [5.41, 5.74) is 2.05. The van der Waals surface area contributed by atoms with Gasteiger partial charge in [-0.25, -0.2) is 4.98 Å². The van der Waals surface area contributed by atoms with Crippen molar-refractivity contribution in [3.63, 3.8) is 0 Å². The van der Waals surface area contributed by atoms with Crippen LogP contribution < -0.4 is 5.32 Å². The molecule has 0 spiro atoms. The summed E-state index contributed by atoms with van der Waals surface area (Å²) in [7, 11) is 0. The molecule has 1 amide bonds. The van der Waals surface area contributed by atoms with E-state index in [4.69, 9.17) is 28.3 Å². The summed E-state index contributed by atoms with van der Waals surface area (Å²) in [6.45, 7) is 0.484. The molecule has 110 valence electrons. The van der Waals surface area contributed by atoms with Crippen molar-refractivity contribution in [3.8, 4) is 0 Å². The standard InChI is InChI=1S/C15H14Cl2N2O2/c16-12-5-6-13(17)19-14(12)15(21)18-8-7-10-1-3-11(9-20)4-2-10/h1-6,20H,7-9H2,(H,18,21). The summed E-state index contributed by atoms with van der Waals surface area (Å²) < 4.78 is 0. The fourth-order valence-electron chi connectivity index (χ4n) is 1.79. The van der Waals surface area contributed by atoms with Gasteiger partial charge >= 0.3 is 0 Å². The highest BCUT2D eigenvalue weighted by Gasteiger charge is 2.12. The van der Waals surface area contributed by atoms with Crippen LogP contribution in [-0.2, 0) is 13.0 Å². The molecule has 0 atom stereocenters. The van der Waals surface area contributed by atoms with Gasteiger partial charge in [-0.15, -0.1) is 0 Å². The van der Waals surface area contributed by atoms with Gasteiger partial charge in [0.15, 0.2) is 0 Å². The first-order valence-corrected chi connectivity index (χ1v) is 7.14. The first-order chi connectivity index (χ1) is 10.1. The number of amides is 1. The Balaban J connectivity index is 1.90. The topological polar surface area (TPSA) is 62.2 Å². The summed E-state index contributed by atoms with van der Waals surface area (Å²) in [5, 5.41) is 12.2. The smallest absolute Gasteiger partial charge is 0.271 e. The van der Waals surface area contributed by atoms with Crippen molar-refractivity contribution < 1.29 is 9.90 Å². The molecule has 21 heavy (non-hydrogen) atoms. The molecule has 0 fully saturated rings. The van der Waals surface area contributed by atoms with Crippen molar-refractivity contribution in [1.29, 1.82) is 0 Å². The zero-order chi connectivity index (χ0) is 15.2. The SMILES string of the molecule is O=C(NCCc1ccc(CO)cc1)c1nc(Cl)ccc1Cl. The van der Waals surface area contributed by atoms with E-state index in [1.165, 1.54) is 6.07 Å². The van der Waals surface area contributed by atoms with Crippen LogP contribution in [0.1, 0.15) is 21.6 Å². The Morgan fingerprint density at radius 1 is 1.10 bits per heavy atom. The summed E-state index contributed by atoms with van der Waals surface area (Å²) in [6.07, 6.45) is 0.676. The van der Waals surface area contributed by atoms with Gasteiger partial charge in [0.25, 0.3) is 5.91 Å². The van der Waals surface area contributed by atoms with E-state index < -0.39 is 0 Å². The summed E-state index contributed by atoms with van der Waals surface area (Å²) in [5.74, 6) is -0.352. The van der Waals surface area contributed by atoms with E-state index in [1.54, 1.807) is 6.07 Å². The average Bonchev–Trinajstić information content (AvgIpc) is 2.50. The Labute approximate surface area is 132 Å². The zero-order valence-electron chi connectivity index (χ0n) is 11.1. The van der Waals surface area contributed by atoms with Gasteiger partial charge in [0.1, 0.15) is 10.8 Å². The number of aliphatic hydroxyl groups excluding tert-OH is 1. The predicted octanol–water partition coefficient (Wildman–Crippen LogP) is 2.85. The normalized spacial score (nSPS) is 10.4. The van der Waals surface area contributed by atoms with Crippen molar-refractivity contribution in [3.05, 3.63) is 63.4 Å². The van der Waals surface area contributed by atoms with Crippen LogP contribution in [0.5, 0.6) is 0 Å². The maximum atomic E-state index is 12.0. The number of benzene rings is 1. The summed E-state index contributed by atoms with van der Waals surface area (Å²) in [6, 6.07) is 10.6. The number of rotatable bonds is 5. The number of hydrogen-bond donors (Lipinski definition) is 2. The van der Waals surface area contributed by atoms with Gasteiger partial charge in [-0.1, -0.05) is 47.5 Å². The fourth-order valence-corrected chi connectivity index (χ4v) is 2.13. The summed E-state index contributed by atoms with van der Waals surface area (Å²) >= 11 is 11.7. The number of carbonyl (C=O) groups is 1. The minimum absolute atomic E-state index is 0.0238. The number of aromatic nitrogens is 1. The quantitative estimate of drug-likeness (QED) is 0.831. The maximum absolute atomic E-state index is 12.0. The molecule has 6 heteroatoms. The fraction of sp³-hybridized carbons (Fsp3) is 0.200. The number of pyridine rings is 1. The first-order valence-electron chi connectivity index (χ1n) is 6.39. The van der Waals surface area contributed by atoms with Crippen LogP contribution >= 0.6 is 23.2 Å². The first kappa shape index (κ1) is 15.8. The molecule has 0 aliphatic heterocycles. The van der Waals surface area contributed by atoms with E-state index in [9.17, 15) is 4.79 Å². The van der Waals surface area contributed by atoms with Gasteiger partial charge in [-0.2, -0.15) is 0 Å². The molecule has 4 nitrogen and oxygen atoms in total. The molecule has 1 aromatic carbocycles. The molecule has 2 aromatic rings. The lowest BCUT2D eigenvalue weighted by atomic mass is 10.1. The molecule has 0 radical (unpaired) electrons. The lowest BCUT2D eigenvalue weighted by Crippen LogP contribution is -2.26. The molecule has 0 bridgehead atoms. The van der Waals surface area contributed by atoms with Gasteiger partial charge in [-0.3, -0.25) is 4.79 Å². The van der Waals surface area contributed by atoms with Crippen molar-refractivity contribution in [1.82, 2.24) is 10.3 Å². The molecule has 0 aliphatic rings. The molecule has 1 aromatic heterocycles. The highest BCUT2D eigenvalue weighted by atomic mass is 35.5. The van der Waals surface area contributed by atoms with Crippen molar-refractivity contribution in [2.75, 3.05) is 6.54 Å². The highest BCUT2D eigenvalue weighted by molar-refractivity contribution is 6.34. The van der Waals surface area contributed by atoms with E-state index in [0.29, 0.717) is 13.0 Å². The lowest BCUT2D eigenvalue weighted by Gasteiger charge is -2.07. The number of nitrogens with one attached hydrogen (secondary N) is 1. The monoisotopic (exact) mass is 324 g/mol. The molecule has 2 rings (SSSR count). The minimum atomic E-state index is -0.352. The van der Waals surface area contributed by atoms with Gasteiger partial charge in [0, 0.05) is 6.54 Å². The molecule has 0 saturated carbocycles. The number of nitrogens with zero attached hydrogens (tertiary/aromatic N) is 1. The predicted molar refractivity (Wildman–Crippen MR) is 82.7 cm³/mol. The van der Waals surface area contributed by atoms with E-state index >= 15 is 0 Å². The molecule has 1 heterocycles. The second-order valence-electron chi connectivity index (χ2n) is 4.44. The Bertz CT molecular complexity index is 630. The molecule has 2 N–H and O–H groups in total. The van der Waals surface area contributed by atoms with Crippen LogP contribution in [0.25, 0.3) is 0 Å². The van der Waals surface area contributed by atoms with E-state index in [0.717, 1.165) is 11.1 Å². The molecule has 0 unspecified atom stereocenters. The van der Waals surface area contributed by atoms with Crippen molar-refractivity contribution in [2.45, 2.75) is 13.0 Å². The molecular weight excluding hydrogens is 311 g/mol. The van der Waals surface area contributed by atoms with Crippen LogP contribution in [0.4, 0.5) is 0 Å². The van der Waals surface area contributed by atoms with Crippen LogP contribution in [0, 0.1) is 0 Å². The summed E-state index contributed by atoms with van der Waals surface area (Å²) in [4.78, 5) is 15.9. The van der Waals surface area contributed by atoms with Gasteiger partial charge in [-0.05, 0) is 29.7 Å².